The number of nitro groups is 1. The smallest absolute Gasteiger partial charge is 0.338 e. The first-order valence-electron chi connectivity index (χ1n) is 7.10. The highest BCUT2D eigenvalue weighted by molar-refractivity contribution is 6.33. The Hall–Kier alpha value is -2.73. The maximum absolute atomic E-state index is 12.2. The van der Waals surface area contributed by atoms with Crippen molar-refractivity contribution < 1.29 is 19.2 Å². The third kappa shape index (κ3) is 3.28. The van der Waals surface area contributed by atoms with Crippen LogP contribution in [0.25, 0.3) is 11.1 Å². The van der Waals surface area contributed by atoms with E-state index in [-0.39, 0.29) is 34.0 Å². The van der Waals surface area contributed by atoms with Gasteiger partial charge in [0.25, 0.3) is 5.69 Å². The molecule has 0 saturated heterocycles. The van der Waals surface area contributed by atoms with E-state index in [1.54, 1.807) is 6.92 Å². The maximum Gasteiger partial charge on any atom is 0.338 e. The van der Waals surface area contributed by atoms with Gasteiger partial charge in [-0.05, 0) is 32.0 Å². The Morgan fingerprint density at radius 2 is 2.04 bits per heavy atom. The molecule has 0 unspecified atom stereocenters. The molecule has 0 N–H and O–H groups in total. The van der Waals surface area contributed by atoms with Crippen LogP contribution in [-0.2, 0) is 4.74 Å². The molecular weight excluding hydrogens is 334 g/mol. The number of nitro benzene ring substituents is 1. The molecule has 0 atom stereocenters. The van der Waals surface area contributed by atoms with Gasteiger partial charge in [-0.15, -0.1) is 0 Å². The normalized spacial score (nSPS) is 10.3. The lowest BCUT2D eigenvalue weighted by Gasteiger charge is -2.14. The molecule has 6 nitrogen and oxygen atoms in total. The number of benzene rings is 2. The molecular formula is C17H14ClNO5. The molecule has 0 heterocycles. The van der Waals surface area contributed by atoms with Crippen molar-refractivity contribution >= 4 is 29.5 Å². The van der Waals surface area contributed by atoms with E-state index >= 15 is 0 Å². The topological polar surface area (TPSA) is 86.5 Å². The van der Waals surface area contributed by atoms with Gasteiger partial charge in [-0.2, -0.15) is 0 Å². The highest BCUT2D eigenvalue weighted by Gasteiger charge is 2.24. The fraction of sp³-hybridized carbons (Fsp3) is 0.176. The number of hydrogen-bond acceptors (Lipinski definition) is 5. The minimum atomic E-state index is -0.613. The third-order valence-electron chi connectivity index (χ3n) is 3.52. The molecule has 0 aromatic heterocycles. The SMILES string of the molecule is CCOC(=O)c1ccc([N+](=O)[O-])c(C)c1-c1cc(C=O)ccc1Cl. The number of aldehydes is 1. The van der Waals surface area contributed by atoms with Crippen LogP contribution < -0.4 is 0 Å². The number of carbonyl (C=O) groups is 2. The highest BCUT2D eigenvalue weighted by atomic mass is 35.5. The van der Waals surface area contributed by atoms with Crippen molar-refractivity contribution in [1.82, 2.24) is 0 Å². The first kappa shape index (κ1) is 17.6. The molecule has 0 saturated carbocycles. The second-order valence-electron chi connectivity index (χ2n) is 4.97. The Morgan fingerprint density at radius 1 is 1.33 bits per heavy atom. The Labute approximate surface area is 143 Å². The maximum atomic E-state index is 12.2. The van der Waals surface area contributed by atoms with Crippen LogP contribution >= 0.6 is 11.6 Å². The van der Waals surface area contributed by atoms with Gasteiger partial charge in [-0.3, -0.25) is 14.9 Å². The van der Waals surface area contributed by atoms with Gasteiger partial charge in [-0.1, -0.05) is 17.7 Å². The van der Waals surface area contributed by atoms with Gasteiger partial charge in [0.1, 0.15) is 6.29 Å². The first-order valence-corrected chi connectivity index (χ1v) is 7.48. The van der Waals surface area contributed by atoms with Crippen molar-refractivity contribution in [2.75, 3.05) is 6.61 Å². The summed E-state index contributed by atoms with van der Waals surface area (Å²) in [5.41, 5.74) is 1.28. The van der Waals surface area contributed by atoms with Gasteiger partial charge in [0.05, 0.1) is 17.1 Å². The molecule has 2 rings (SSSR count). The molecule has 0 amide bonds. The van der Waals surface area contributed by atoms with Crippen LogP contribution in [0, 0.1) is 17.0 Å². The molecule has 0 aliphatic rings. The fourth-order valence-electron chi connectivity index (χ4n) is 2.43. The fourth-order valence-corrected chi connectivity index (χ4v) is 2.64. The molecule has 24 heavy (non-hydrogen) atoms. The van der Waals surface area contributed by atoms with Gasteiger partial charge >= 0.3 is 5.97 Å². The first-order chi connectivity index (χ1) is 11.4. The predicted octanol–water partition coefficient (Wildman–Crippen LogP) is 4.21. The summed E-state index contributed by atoms with van der Waals surface area (Å²) in [6.45, 7) is 3.35. The van der Waals surface area contributed by atoms with Crippen molar-refractivity contribution in [3.8, 4) is 11.1 Å². The van der Waals surface area contributed by atoms with Gasteiger partial charge in [0, 0.05) is 33.3 Å². The molecule has 0 bridgehead atoms. The zero-order valence-electron chi connectivity index (χ0n) is 13.0. The average molecular weight is 348 g/mol. The minimum absolute atomic E-state index is 0.148. The number of hydrogen-bond donors (Lipinski definition) is 0. The number of carbonyl (C=O) groups excluding carboxylic acids is 2. The van der Waals surface area contributed by atoms with Gasteiger partial charge in [-0.25, -0.2) is 4.79 Å². The summed E-state index contributed by atoms with van der Waals surface area (Å²) in [4.78, 5) is 34.0. The monoisotopic (exact) mass is 347 g/mol. The van der Waals surface area contributed by atoms with E-state index in [9.17, 15) is 19.7 Å². The van der Waals surface area contributed by atoms with Crippen LogP contribution in [0.4, 0.5) is 5.69 Å². The molecule has 2 aromatic carbocycles. The third-order valence-corrected chi connectivity index (χ3v) is 3.85. The predicted molar refractivity (Wildman–Crippen MR) is 89.6 cm³/mol. The van der Waals surface area contributed by atoms with Gasteiger partial charge in [0.15, 0.2) is 0 Å². The van der Waals surface area contributed by atoms with Crippen molar-refractivity contribution in [2.24, 2.45) is 0 Å². The Bertz CT molecular complexity index is 832. The number of esters is 1. The molecule has 0 spiro atoms. The van der Waals surface area contributed by atoms with Crippen LogP contribution in [-0.4, -0.2) is 23.8 Å². The zero-order valence-corrected chi connectivity index (χ0v) is 13.8. The van der Waals surface area contributed by atoms with Crippen LogP contribution in [0.2, 0.25) is 5.02 Å². The largest absolute Gasteiger partial charge is 0.462 e. The second-order valence-corrected chi connectivity index (χ2v) is 5.37. The van der Waals surface area contributed by atoms with Crippen molar-refractivity contribution in [2.45, 2.75) is 13.8 Å². The van der Waals surface area contributed by atoms with Crippen LogP contribution in [0.15, 0.2) is 30.3 Å². The summed E-state index contributed by atoms with van der Waals surface area (Å²) < 4.78 is 5.02. The molecule has 0 aliphatic heterocycles. The molecule has 7 heteroatoms. The van der Waals surface area contributed by atoms with E-state index in [4.69, 9.17) is 16.3 Å². The van der Waals surface area contributed by atoms with E-state index in [2.05, 4.69) is 0 Å². The van der Waals surface area contributed by atoms with E-state index in [1.165, 1.54) is 37.3 Å². The Balaban J connectivity index is 2.82. The van der Waals surface area contributed by atoms with Crippen molar-refractivity contribution in [1.29, 1.82) is 0 Å². The number of rotatable bonds is 5. The second kappa shape index (κ2) is 7.23. The summed E-state index contributed by atoms with van der Waals surface area (Å²) >= 11 is 6.21. The van der Waals surface area contributed by atoms with E-state index in [0.717, 1.165) is 0 Å². The van der Waals surface area contributed by atoms with Crippen molar-refractivity contribution in [3.63, 3.8) is 0 Å². The number of ether oxygens (including phenoxy) is 1. The minimum Gasteiger partial charge on any atom is -0.462 e. The molecule has 2 aromatic rings. The lowest BCUT2D eigenvalue weighted by molar-refractivity contribution is -0.385. The van der Waals surface area contributed by atoms with Crippen LogP contribution in [0.1, 0.15) is 33.2 Å². The van der Waals surface area contributed by atoms with Gasteiger partial charge < -0.3 is 4.74 Å². The molecule has 0 aliphatic carbocycles. The summed E-state index contributed by atoms with van der Waals surface area (Å²) in [5, 5.41) is 11.5. The van der Waals surface area contributed by atoms with Gasteiger partial charge in [0.2, 0.25) is 0 Å². The zero-order chi connectivity index (χ0) is 17.9. The standard InChI is InChI=1S/C17H14ClNO5/c1-3-24-17(21)12-5-7-15(19(22)23)10(2)16(12)13-8-11(9-20)4-6-14(13)18/h4-9H,3H2,1-2H3. The van der Waals surface area contributed by atoms with Crippen molar-refractivity contribution in [3.05, 3.63) is 62.2 Å². The van der Waals surface area contributed by atoms with Crippen LogP contribution in [0.3, 0.4) is 0 Å². The average Bonchev–Trinajstić information content (AvgIpc) is 2.55. The lowest BCUT2D eigenvalue weighted by Crippen LogP contribution is -2.09. The summed E-state index contributed by atoms with van der Waals surface area (Å²) in [7, 11) is 0. The molecule has 124 valence electrons. The Kier molecular flexibility index (Phi) is 5.31. The van der Waals surface area contributed by atoms with E-state index < -0.39 is 10.9 Å². The van der Waals surface area contributed by atoms with Crippen LogP contribution in [0.5, 0.6) is 0 Å². The van der Waals surface area contributed by atoms with E-state index in [1.807, 2.05) is 0 Å². The number of nitrogens with zero attached hydrogens (tertiary/aromatic N) is 1. The molecule has 0 fully saturated rings. The summed E-state index contributed by atoms with van der Waals surface area (Å²) in [6.07, 6.45) is 0.635. The summed E-state index contributed by atoms with van der Waals surface area (Å²) in [6, 6.07) is 7.11. The number of halogens is 1. The quantitative estimate of drug-likeness (QED) is 0.350. The molecule has 0 radical (unpaired) electrons. The van der Waals surface area contributed by atoms with E-state index in [0.29, 0.717) is 17.4 Å². The summed E-state index contributed by atoms with van der Waals surface area (Å²) in [5.74, 6) is -0.613. The Morgan fingerprint density at radius 3 is 2.62 bits per heavy atom. The highest BCUT2D eigenvalue weighted by Crippen LogP contribution is 2.37. The lowest BCUT2D eigenvalue weighted by atomic mass is 9.92.